The molecule has 0 aliphatic carbocycles. The van der Waals surface area contributed by atoms with Crippen molar-refractivity contribution in [2.75, 3.05) is 31.1 Å². The molecule has 4 heteroatoms. The highest BCUT2D eigenvalue weighted by molar-refractivity contribution is 9.10. The van der Waals surface area contributed by atoms with Crippen LogP contribution in [0, 0.1) is 11.7 Å². The van der Waals surface area contributed by atoms with Gasteiger partial charge in [0.25, 0.3) is 0 Å². The standard InChI is InChI=1S/C14H20BrFN2/c1-2-6-17-9-11-5-7-18(10-11)14-4-3-12(16)8-13(14)15/h3-4,8,11,17H,2,5-7,9-10H2,1H3. The van der Waals surface area contributed by atoms with Gasteiger partial charge in [0.2, 0.25) is 0 Å². The van der Waals surface area contributed by atoms with Crippen LogP contribution in [-0.4, -0.2) is 26.2 Å². The Hall–Kier alpha value is -0.610. The van der Waals surface area contributed by atoms with E-state index in [0.29, 0.717) is 5.92 Å². The Kier molecular flexibility index (Phi) is 5.01. The molecule has 0 amide bonds. The summed E-state index contributed by atoms with van der Waals surface area (Å²) in [5.41, 5.74) is 1.11. The quantitative estimate of drug-likeness (QED) is 0.838. The first-order valence-electron chi connectivity index (χ1n) is 6.61. The average Bonchev–Trinajstić information content (AvgIpc) is 2.78. The second-order valence-electron chi connectivity index (χ2n) is 4.90. The van der Waals surface area contributed by atoms with Crippen LogP contribution in [0.1, 0.15) is 19.8 Å². The lowest BCUT2D eigenvalue weighted by Crippen LogP contribution is -2.27. The average molecular weight is 315 g/mol. The number of anilines is 1. The van der Waals surface area contributed by atoms with Gasteiger partial charge in [-0.3, -0.25) is 0 Å². The van der Waals surface area contributed by atoms with E-state index in [1.165, 1.54) is 25.0 Å². The molecule has 1 N–H and O–H groups in total. The van der Waals surface area contributed by atoms with Crippen molar-refractivity contribution in [3.05, 3.63) is 28.5 Å². The highest BCUT2D eigenvalue weighted by Crippen LogP contribution is 2.31. The molecule has 0 bridgehead atoms. The molecule has 0 saturated carbocycles. The molecule has 1 aliphatic heterocycles. The first-order chi connectivity index (χ1) is 8.70. The minimum absolute atomic E-state index is 0.189. The van der Waals surface area contributed by atoms with E-state index < -0.39 is 0 Å². The highest BCUT2D eigenvalue weighted by atomic mass is 79.9. The summed E-state index contributed by atoms with van der Waals surface area (Å²) in [6.45, 7) is 6.48. The normalized spacial score (nSPS) is 19.5. The second kappa shape index (κ2) is 6.53. The monoisotopic (exact) mass is 314 g/mol. The molecule has 1 unspecified atom stereocenters. The van der Waals surface area contributed by atoms with Crippen molar-refractivity contribution in [3.8, 4) is 0 Å². The molecule has 0 radical (unpaired) electrons. The highest BCUT2D eigenvalue weighted by Gasteiger charge is 2.23. The van der Waals surface area contributed by atoms with Crippen molar-refractivity contribution < 1.29 is 4.39 Å². The zero-order valence-electron chi connectivity index (χ0n) is 10.8. The summed E-state index contributed by atoms with van der Waals surface area (Å²) in [5.74, 6) is 0.513. The van der Waals surface area contributed by atoms with Gasteiger partial charge < -0.3 is 10.2 Å². The van der Waals surface area contributed by atoms with E-state index in [1.807, 2.05) is 6.07 Å². The van der Waals surface area contributed by atoms with E-state index in [9.17, 15) is 4.39 Å². The Balaban J connectivity index is 1.91. The Labute approximate surface area is 117 Å². The lowest BCUT2D eigenvalue weighted by molar-refractivity contribution is 0.516. The number of halogens is 2. The van der Waals surface area contributed by atoms with Gasteiger partial charge in [0.05, 0.1) is 5.69 Å². The molecule has 1 aromatic carbocycles. The fourth-order valence-electron chi connectivity index (χ4n) is 2.44. The molecule has 2 rings (SSSR count). The van der Waals surface area contributed by atoms with Crippen LogP contribution in [0.3, 0.4) is 0 Å². The Morgan fingerprint density at radius 1 is 1.50 bits per heavy atom. The maximum Gasteiger partial charge on any atom is 0.124 e. The zero-order chi connectivity index (χ0) is 13.0. The molecule has 2 nitrogen and oxygen atoms in total. The van der Waals surface area contributed by atoms with Crippen LogP contribution in [0.5, 0.6) is 0 Å². The maximum absolute atomic E-state index is 13.1. The number of benzene rings is 1. The van der Waals surface area contributed by atoms with Crippen LogP contribution in [-0.2, 0) is 0 Å². The first-order valence-corrected chi connectivity index (χ1v) is 7.40. The van der Waals surface area contributed by atoms with Crippen molar-refractivity contribution in [1.82, 2.24) is 5.32 Å². The van der Waals surface area contributed by atoms with Gasteiger partial charge in [-0.15, -0.1) is 0 Å². The smallest absolute Gasteiger partial charge is 0.124 e. The molecule has 18 heavy (non-hydrogen) atoms. The largest absolute Gasteiger partial charge is 0.370 e. The SMILES string of the molecule is CCCNCC1CCN(c2ccc(F)cc2Br)C1. The summed E-state index contributed by atoms with van der Waals surface area (Å²) in [7, 11) is 0. The van der Waals surface area contributed by atoms with E-state index in [0.717, 1.165) is 36.3 Å². The number of nitrogens with zero attached hydrogens (tertiary/aromatic N) is 1. The van der Waals surface area contributed by atoms with Crippen LogP contribution in [0.15, 0.2) is 22.7 Å². The van der Waals surface area contributed by atoms with Crippen LogP contribution in [0.2, 0.25) is 0 Å². The lowest BCUT2D eigenvalue weighted by Gasteiger charge is -2.20. The third-order valence-corrected chi connectivity index (χ3v) is 4.03. The molecule has 1 heterocycles. The van der Waals surface area contributed by atoms with Crippen molar-refractivity contribution in [1.29, 1.82) is 0 Å². The molecule has 1 fully saturated rings. The second-order valence-corrected chi connectivity index (χ2v) is 5.75. The molecule has 1 atom stereocenters. The van der Waals surface area contributed by atoms with Crippen LogP contribution in [0.25, 0.3) is 0 Å². The van der Waals surface area contributed by atoms with Crippen molar-refractivity contribution in [2.24, 2.45) is 5.92 Å². The third-order valence-electron chi connectivity index (χ3n) is 3.40. The molecule has 100 valence electrons. The summed E-state index contributed by atoms with van der Waals surface area (Å²) in [6.07, 6.45) is 2.39. The van der Waals surface area contributed by atoms with Gasteiger partial charge in [-0.1, -0.05) is 6.92 Å². The van der Waals surface area contributed by atoms with Crippen LogP contribution in [0.4, 0.5) is 10.1 Å². The maximum atomic E-state index is 13.1. The third kappa shape index (κ3) is 3.45. The summed E-state index contributed by atoms with van der Waals surface area (Å²) in [4.78, 5) is 2.34. The molecular formula is C14H20BrFN2. The van der Waals surface area contributed by atoms with Gasteiger partial charge in [-0.05, 0) is 66.0 Å². The van der Waals surface area contributed by atoms with E-state index in [1.54, 1.807) is 0 Å². The van der Waals surface area contributed by atoms with Gasteiger partial charge in [0, 0.05) is 17.6 Å². The fraction of sp³-hybridized carbons (Fsp3) is 0.571. The number of rotatable bonds is 5. The summed E-state index contributed by atoms with van der Waals surface area (Å²) >= 11 is 3.44. The van der Waals surface area contributed by atoms with E-state index in [-0.39, 0.29) is 5.82 Å². The van der Waals surface area contributed by atoms with E-state index in [2.05, 4.69) is 33.1 Å². The topological polar surface area (TPSA) is 15.3 Å². The predicted molar refractivity (Wildman–Crippen MR) is 77.6 cm³/mol. The van der Waals surface area contributed by atoms with Crippen LogP contribution >= 0.6 is 15.9 Å². The minimum atomic E-state index is -0.189. The molecular weight excluding hydrogens is 295 g/mol. The number of nitrogens with one attached hydrogen (secondary N) is 1. The molecule has 0 spiro atoms. The van der Waals surface area contributed by atoms with Gasteiger partial charge in [-0.25, -0.2) is 4.39 Å². The van der Waals surface area contributed by atoms with Gasteiger partial charge in [0.15, 0.2) is 0 Å². The number of hydrogen-bond acceptors (Lipinski definition) is 2. The molecule has 1 saturated heterocycles. The zero-order valence-corrected chi connectivity index (χ0v) is 12.3. The van der Waals surface area contributed by atoms with Crippen LogP contribution < -0.4 is 10.2 Å². The molecule has 1 aromatic rings. The predicted octanol–water partition coefficient (Wildman–Crippen LogP) is 3.41. The van der Waals surface area contributed by atoms with Gasteiger partial charge >= 0.3 is 0 Å². The van der Waals surface area contributed by atoms with Crippen molar-refractivity contribution >= 4 is 21.6 Å². The Bertz CT molecular complexity index is 397. The van der Waals surface area contributed by atoms with Gasteiger partial charge in [0.1, 0.15) is 5.82 Å². The summed E-state index contributed by atoms with van der Waals surface area (Å²) < 4.78 is 13.9. The fourth-order valence-corrected chi connectivity index (χ4v) is 3.04. The lowest BCUT2D eigenvalue weighted by atomic mass is 10.1. The van der Waals surface area contributed by atoms with E-state index in [4.69, 9.17) is 0 Å². The first kappa shape index (κ1) is 13.8. The number of hydrogen-bond donors (Lipinski definition) is 1. The molecule has 0 aromatic heterocycles. The minimum Gasteiger partial charge on any atom is -0.370 e. The van der Waals surface area contributed by atoms with Crippen molar-refractivity contribution in [3.63, 3.8) is 0 Å². The Morgan fingerprint density at radius 3 is 3.06 bits per heavy atom. The molecule has 1 aliphatic rings. The summed E-state index contributed by atoms with van der Waals surface area (Å²) in [5, 5.41) is 3.47. The van der Waals surface area contributed by atoms with E-state index >= 15 is 0 Å². The van der Waals surface area contributed by atoms with Gasteiger partial charge in [-0.2, -0.15) is 0 Å². The summed E-state index contributed by atoms with van der Waals surface area (Å²) in [6, 6.07) is 4.93. The Morgan fingerprint density at radius 2 is 2.33 bits per heavy atom. The van der Waals surface area contributed by atoms with Crippen molar-refractivity contribution in [2.45, 2.75) is 19.8 Å².